The number of carbonyl (C=O) groups is 2. The zero-order valence-electron chi connectivity index (χ0n) is 8.48. The summed E-state index contributed by atoms with van der Waals surface area (Å²) in [4.78, 5) is 22.8. The maximum absolute atomic E-state index is 11.6. The van der Waals surface area contributed by atoms with E-state index in [0.717, 1.165) is 0 Å². The largest absolute Gasteiger partial charge is 0.410 e. The average molecular weight is 251 g/mol. The Bertz CT molecular complexity index is 564. The monoisotopic (exact) mass is 250 g/mol. The topological polar surface area (TPSA) is 78.8 Å². The van der Waals surface area contributed by atoms with Crippen LogP contribution in [0, 0.1) is 0 Å². The summed E-state index contributed by atoms with van der Waals surface area (Å²) in [5, 5.41) is 13.9. The standard InChI is InChI=1S/C11H7ClN2O3/c12-7-4-2-1-3-6(7)5-8-10(15)9(14-17)11(16)13-8/h1-5,17H,(H,13,16). The van der Waals surface area contributed by atoms with Crippen molar-refractivity contribution in [3.8, 4) is 0 Å². The second kappa shape index (κ2) is 4.39. The van der Waals surface area contributed by atoms with Gasteiger partial charge in [0.1, 0.15) is 0 Å². The number of ketones is 1. The van der Waals surface area contributed by atoms with Crippen molar-refractivity contribution in [2.75, 3.05) is 0 Å². The Morgan fingerprint density at radius 1 is 1.29 bits per heavy atom. The Labute approximate surface area is 101 Å². The van der Waals surface area contributed by atoms with Crippen LogP contribution in [-0.2, 0) is 9.59 Å². The number of benzene rings is 1. The van der Waals surface area contributed by atoms with E-state index in [-0.39, 0.29) is 5.70 Å². The van der Waals surface area contributed by atoms with Gasteiger partial charge < -0.3 is 10.5 Å². The Balaban J connectivity index is 2.41. The van der Waals surface area contributed by atoms with Gasteiger partial charge in [-0.3, -0.25) is 9.59 Å². The molecule has 2 rings (SSSR count). The van der Waals surface area contributed by atoms with Crippen molar-refractivity contribution in [1.82, 2.24) is 5.32 Å². The minimum absolute atomic E-state index is 0.0379. The highest BCUT2D eigenvalue weighted by atomic mass is 35.5. The number of halogens is 1. The van der Waals surface area contributed by atoms with Gasteiger partial charge in [0.2, 0.25) is 11.5 Å². The molecule has 5 nitrogen and oxygen atoms in total. The molecule has 17 heavy (non-hydrogen) atoms. The smallest absolute Gasteiger partial charge is 0.281 e. The molecule has 2 N–H and O–H groups in total. The molecule has 1 aliphatic rings. The van der Waals surface area contributed by atoms with Crippen LogP contribution < -0.4 is 5.32 Å². The van der Waals surface area contributed by atoms with Gasteiger partial charge in [0.05, 0.1) is 5.70 Å². The van der Waals surface area contributed by atoms with Gasteiger partial charge in [-0.1, -0.05) is 35.0 Å². The van der Waals surface area contributed by atoms with Crippen molar-refractivity contribution in [1.29, 1.82) is 0 Å². The lowest BCUT2D eigenvalue weighted by molar-refractivity contribution is -0.113. The highest BCUT2D eigenvalue weighted by molar-refractivity contribution is 6.72. The highest BCUT2D eigenvalue weighted by Gasteiger charge is 2.33. The molecule has 86 valence electrons. The molecule has 1 amide bonds. The molecule has 1 aromatic rings. The van der Waals surface area contributed by atoms with E-state index < -0.39 is 17.4 Å². The lowest BCUT2D eigenvalue weighted by atomic mass is 10.1. The average Bonchev–Trinajstić information content (AvgIpc) is 2.57. The zero-order valence-corrected chi connectivity index (χ0v) is 9.23. The van der Waals surface area contributed by atoms with Gasteiger partial charge >= 0.3 is 0 Å². The van der Waals surface area contributed by atoms with Crippen molar-refractivity contribution in [2.45, 2.75) is 0 Å². The summed E-state index contributed by atoms with van der Waals surface area (Å²) in [5.41, 5.74) is 0.108. The van der Waals surface area contributed by atoms with Gasteiger partial charge in [-0.05, 0) is 17.7 Å². The molecule has 1 heterocycles. The molecule has 0 aliphatic carbocycles. The third kappa shape index (κ3) is 2.05. The third-order valence-electron chi connectivity index (χ3n) is 2.23. The van der Waals surface area contributed by atoms with Crippen molar-refractivity contribution in [3.63, 3.8) is 0 Å². The lowest BCUT2D eigenvalue weighted by Crippen LogP contribution is -2.19. The van der Waals surface area contributed by atoms with Crippen molar-refractivity contribution >= 4 is 35.1 Å². The summed E-state index contributed by atoms with van der Waals surface area (Å²) in [5.74, 6) is -1.38. The SMILES string of the molecule is O=C1NC(=Cc2ccccc2Cl)C(=O)C1=NO. The molecule has 1 fully saturated rings. The number of Topliss-reactive ketones (excluding diaryl/α,β-unsaturated/α-hetero) is 1. The number of rotatable bonds is 1. The van der Waals surface area contributed by atoms with E-state index >= 15 is 0 Å². The van der Waals surface area contributed by atoms with Gasteiger partial charge in [0, 0.05) is 5.02 Å². The first-order valence-corrected chi connectivity index (χ1v) is 5.05. The zero-order chi connectivity index (χ0) is 12.4. The van der Waals surface area contributed by atoms with Gasteiger partial charge in [0.25, 0.3) is 5.91 Å². The predicted molar refractivity (Wildman–Crippen MR) is 61.8 cm³/mol. The molecule has 0 bridgehead atoms. The van der Waals surface area contributed by atoms with E-state index in [2.05, 4.69) is 10.5 Å². The van der Waals surface area contributed by atoms with Crippen LogP contribution in [0.4, 0.5) is 0 Å². The van der Waals surface area contributed by atoms with Gasteiger partial charge in [-0.15, -0.1) is 0 Å². The molecule has 0 radical (unpaired) electrons. The molecule has 0 aromatic heterocycles. The number of hydrogen-bond acceptors (Lipinski definition) is 4. The van der Waals surface area contributed by atoms with Crippen molar-refractivity contribution < 1.29 is 14.8 Å². The Kier molecular flexibility index (Phi) is 2.93. The van der Waals surface area contributed by atoms with E-state index in [1.807, 2.05) is 0 Å². The number of nitrogens with zero attached hydrogens (tertiary/aromatic N) is 1. The van der Waals surface area contributed by atoms with Crippen LogP contribution in [-0.4, -0.2) is 22.6 Å². The summed E-state index contributed by atoms with van der Waals surface area (Å²) >= 11 is 5.91. The predicted octanol–water partition coefficient (Wildman–Crippen LogP) is 1.21. The molecule has 6 heteroatoms. The van der Waals surface area contributed by atoms with E-state index in [4.69, 9.17) is 16.8 Å². The fraction of sp³-hybridized carbons (Fsp3) is 0. The first kappa shape index (κ1) is 11.3. The van der Waals surface area contributed by atoms with Crippen LogP contribution in [0.2, 0.25) is 5.02 Å². The maximum Gasteiger partial charge on any atom is 0.281 e. The molecular formula is C11H7ClN2O3. The van der Waals surface area contributed by atoms with Crippen molar-refractivity contribution in [3.05, 3.63) is 40.5 Å². The van der Waals surface area contributed by atoms with Crippen LogP contribution in [0.3, 0.4) is 0 Å². The quantitative estimate of drug-likeness (QED) is 0.447. The molecule has 1 aliphatic heterocycles. The Hall–Kier alpha value is -2.14. The van der Waals surface area contributed by atoms with Crippen LogP contribution in [0.15, 0.2) is 35.1 Å². The molecule has 0 unspecified atom stereocenters. The minimum atomic E-state index is -0.726. The molecule has 0 saturated carbocycles. The fourth-order valence-corrected chi connectivity index (χ4v) is 1.60. The third-order valence-corrected chi connectivity index (χ3v) is 2.57. The number of hydrogen-bond donors (Lipinski definition) is 2. The molecule has 0 atom stereocenters. The number of carbonyl (C=O) groups excluding carboxylic acids is 2. The molecular weight excluding hydrogens is 244 g/mol. The molecule has 1 aromatic carbocycles. The van der Waals surface area contributed by atoms with E-state index in [1.54, 1.807) is 24.3 Å². The number of oxime groups is 1. The number of amides is 1. The van der Waals surface area contributed by atoms with E-state index in [0.29, 0.717) is 10.6 Å². The maximum atomic E-state index is 11.6. The highest BCUT2D eigenvalue weighted by Crippen LogP contribution is 2.19. The van der Waals surface area contributed by atoms with Crippen LogP contribution in [0.5, 0.6) is 0 Å². The van der Waals surface area contributed by atoms with Gasteiger partial charge in [0.15, 0.2) is 0 Å². The van der Waals surface area contributed by atoms with Crippen LogP contribution in [0.25, 0.3) is 6.08 Å². The first-order chi connectivity index (χ1) is 8.13. The Morgan fingerprint density at radius 2 is 2.00 bits per heavy atom. The Morgan fingerprint density at radius 3 is 2.59 bits per heavy atom. The van der Waals surface area contributed by atoms with Crippen molar-refractivity contribution in [2.24, 2.45) is 5.16 Å². The van der Waals surface area contributed by atoms with E-state index in [9.17, 15) is 9.59 Å². The summed E-state index contributed by atoms with van der Waals surface area (Å²) < 4.78 is 0. The summed E-state index contributed by atoms with van der Waals surface area (Å²) in [6, 6.07) is 6.86. The molecule has 1 saturated heterocycles. The summed E-state index contributed by atoms with van der Waals surface area (Å²) in [6.45, 7) is 0. The number of allylic oxidation sites excluding steroid dienone is 1. The fourth-order valence-electron chi connectivity index (χ4n) is 1.41. The number of nitrogens with one attached hydrogen (secondary N) is 1. The van der Waals surface area contributed by atoms with Crippen LogP contribution >= 0.6 is 11.6 Å². The second-order valence-corrected chi connectivity index (χ2v) is 3.72. The lowest BCUT2D eigenvalue weighted by Gasteiger charge is -1.98. The minimum Gasteiger partial charge on any atom is -0.410 e. The summed E-state index contributed by atoms with van der Waals surface area (Å²) in [7, 11) is 0. The van der Waals surface area contributed by atoms with Gasteiger partial charge in [-0.2, -0.15) is 0 Å². The normalized spacial score (nSPS) is 20.1. The van der Waals surface area contributed by atoms with Crippen LogP contribution in [0.1, 0.15) is 5.56 Å². The molecule has 0 spiro atoms. The van der Waals surface area contributed by atoms with E-state index in [1.165, 1.54) is 6.08 Å². The summed E-state index contributed by atoms with van der Waals surface area (Å²) in [6.07, 6.45) is 1.43. The first-order valence-electron chi connectivity index (χ1n) is 4.68. The second-order valence-electron chi connectivity index (χ2n) is 3.31. The van der Waals surface area contributed by atoms with Gasteiger partial charge in [-0.25, -0.2) is 0 Å².